The smallest absolute Gasteiger partial charge is 0.247 e. The molecule has 2 N–H and O–H groups in total. The zero-order chi connectivity index (χ0) is 11.5. The van der Waals surface area contributed by atoms with E-state index in [0.29, 0.717) is 11.8 Å². The van der Waals surface area contributed by atoms with Crippen LogP contribution >= 0.6 is 0 Å². The van der Waals surface area contributed by atoms with E-state index in [1.807, 2.05) is 38.1 Å². The van der Waals surface area contributed by atoms with E-state index in [2.05, 4.69) is 10.2 Å². The van der Waals surface area contributed by atoms with Gasteiger partial charge in [-0.3, -0.25) is 0 Å². The van der Waals surface area contributed by atoms with Crippen LogP contribution in [0.5, 0.6) is 0 Å². The Morgan fingerprint density at radius 1 is 1.38 bits per heavy atom. The SMILES string of the molecule is CCC(N)c1nnc(-c2cccc(C)c2)o1. The van der Waals surface area contributed by atoms with Crippen LogP contribution in [0, 0.1) is 6.92 Å². The maximum atomic E-state index is 5.82. The molecule has 0 fully saturated rings. The number of hydrogen-bond donors (Lipinski definition) is 1. The van der Waals surface area contributed by atoms with Crippen LogP contribution < -0.4 is 5.73 Å². The second-order valence-corrected chi connectivity index (χ2v) is 3.83. The highest BCUT2D eigenvalue weighted by molar-refractivity contribution is 5.53. The number of aryl methyl sites for hydroxylation is 1. The molecule has 0 bridgehead atoms. The minimum atomic E-state index is -0.175. The van der Waals surface area contributed by atoms with Crippen molar-refractivity contribution in [2.45, 2.75) is 26.3 Å². The first-order chi connectivity index (χ1) is 7.70. The molecule has 0 radical (unpaired) electrons. The Labute approximate surface area is 94.5 Å². The predicted molar refractivity (Wildman–Crippen MR) is 61.7 cm³/mol. The Hall–Kier alpha value is -1.68. The molecule has 1 atom stereocenters. The third-order valence-electron chi connectivity index (χ3n) is 2.46. The van der Waals surface area contributed by atoms with Gasteiger partial charge in [-0.2, -0.15) is 0 Å². The van der Waals surface area contributed by atoms with Crippen molar-refractivity contribution in [3.05, 3.63) is 35.7 Å². The fourth-order valence-corrected chi connectivity index (χ4v) is 1.45. The number of hydrogen-bond acceptors (Lipinski definition) is 4. The molecule has 0 amide bonds. The van der Waals surface area contributed by atoms with E-state index in [1.165, 1.54) is 0 Å². The molecule has 4 nitrogen and oxygen atoms in total. The van der Waals surface area contributed by atoms with Crippen molar-refractivity contribution in [1.29, 1.82) is 0 Å². The molecule has 0 aliphatic rings. The maximum Gasteiger partial charge on any atom is 0.247 e. The first-order valence-electron chi connectivity index (χ1n) is 5.36. The fraction of sp³-hybridized carbons (Fsp3) is 0.333. The van der Waals surface area contributed by atoms with Gasteiger partial charge in [-0.15, -0.1) is 10.2 Å². The minimum Gasteiger partial charge on any atom is -0.419 e. The first kappa shape index (κ1) is 10.8. The Balaban J connectivity index is 2.31. The normalized spacial score (nSPS) is 12.7. The highest BCUT2D eigenvalue weighted by atomic mass is 16.4. The van der Waals surface area contributed by atoms with Crippen LogP contribution in [0.2, 0.25) is 0 Å². The van der Waals surface area contributed by atoms with E-state index < -0.39 is 0 Å². The third kappa shape index (κ3) is 2.12. The van der Waals surface area contributed by atoms with Gasteiger partial charge >= 0.3 is 0 Å². The lowest BCUT2D eigenvalue weighted by Gasteiger charge is -2.00. The van der Waals surface area contributed by atoms with Gasteiger partial charge in [-0.1, -0.05) is 24.6 Å². The van der Waals surface area contributed by atoms with Crippen LogP contribution in [0.1, 0.15) is 30.8 Å². The molecular formula is C12H15N3O. The Morgan fingerprint density at radius 3 is 2.88 bits per heavy atom. The second kappa shape index (κ2) is 4.45. The van der Waals surface area contributed by atoms with Gasteiger partial charge in [0.05, 0.1) is 6.04 Å². The summed E-state index contributed by atoms with van der Waals surface area (Å²) < 4.78 is 5.53. The summed E-state index contributed by atoms with van der Waals surface area (Å²) in [5.41, 5.74) is 7.92. The van der Waals surface area contributed by atoms with Crippen LogP contribution in [-0.2, 0) is 0 Å². The number of rotatable bonds is 3. The number of benzene rings is 1. The topological polar surface area (TPSA) is 64.9 Å². The van der Waals surface area contributed by atoms with Gasteiger partial charge in [0, 0.05) is 5.56 Å². The lowest BCUT2D eigenvalue weighted by Crippen LogP contribution is -2.08. The van der Waals surface area contributed by atoms with Crippen LogP contribution in [0.25, 0.3) is 11.5 Å². The highest BCUT2D eigenvalue weighted by Crippen LogP contribution is 2.21. The molecule has 1 aromatic carbocycles. The molecule has 0 aliphatic carbocycles. The molecule has 1 unspecified atom stereocenters. The van der Waals surface area contributed by atoms with Crippen molar-refractivity contribution in [1.82, 2.24) is 10.2 Å². The van der Waals surface area contributed by atoms with Crippen molar-refractivity contribution in [3.8, 4) is 11.5 Å². The van der Waals surface area contributed by atoms with Gasteiger partial charge < -0.3 is 10.2 Å². The van der Waals surface area contributed by atoms with E-state index in [0.717, 1.165) is 17.5 Å². The molecule has 84 valence electrons. The van der Waals surface area contributed by atoms with Gasteiger partial charge in [-0.25, -0.2) is 0 Å². The molecular weight excluding hydrogens is 202 g/mol. The maximum absolute atomic E-state index is 5.82. The molecule has 2 rings (SSSR count). The zero-order valence-electron chi connectivity index (χ0n) is 9.47. The molecule has 2 aromatic rings. The van der Waals surface area contributed by atoms with E-state index >= 15 is 0 Å². The lowest BCUT2D eigenvalue weighted by atomic mass is 10.1. The van der Waals surface area contributed by atoms with E-state index in [4.69, 9.17) is 10.2 Å². The molecule has 0 aliphatic heterocycles. The molecule has 1 heterocycles. The van der Waals surface area contributed by atoms with Crippen molar-refractivity contribution in [2.24, 2.45) is 5.73 Å². The Morgan fingerprint density at radius 2 is 2.19 bits per heavy atom. The Kier molecular flexibility index (Phi) is 3.01. The highest BCUT2D eigenvalue weighted by Gasteiger charge is 2.13. The van der Waals surface area contributed by atoms with E-state index in [9.17, 15) is 0 Å². The quantitative estimate of drug-likeness (QED) is 0.857. The summed E-state index contributed by atoms with van der Waals surface area (Å²) >= 11 is 0. The zero-order valence-corrected chi connectivity index (χ0v) is 9.47. The van der Waals surface area contributed by atoms with E-state index in [-0.39, 0.29) is 6.04 Å². The van der Waals surface area contributed by atoms with Crippen molar-refractivity contribution in [2.75, 3.05) is 0 Å². The van der Waals surface area contributed by atoms with Gasteiger partial charge in [0.2, 0.25) is 11.8 Å². The average Bonchev–Trinajstić information content (AvgIpc) is 2.77. The lowest BCUT2D eigenvalue weighted by molar-refractivity contribution is 0.452. The Bertz CT molecular complexity index is 479. The second-order valence-electron chi connectivity index (χ2n) is 3.83. The molecule has 0 spiro atoms. The summed E-state index contributed by atoms with van der Waals surface area (Å²) in [7, 11) is 0. The summed E-state index contributed by atoms with van der Waals surface area (Å²) in [5, 5.41) is 7.95. The molecule has 16 heavy (non-hydrogen) atoms. The van der Waals surface area contributed by atoms with Gasteiger partial charge in [0.1, 0.15) is 0 Å². The molecule has 1 aromatic heterocycles. The van der Waals surface area contributed by atoms with Crippen molar-refractivity contribution in [3.63, 3.8) is 0 Å². The summed E-state index contributed by atoms with van der Waals surface area (Å²) in [5.74, 6) is 1.03. The van der Waals surface area contributed by atoms with Crippen LogP contribution in [0.4, 0.5) is 0 Å². The monoisotopic (exact) mass is 217 g/mol. The fourth-order valence-electron chi connectivity index (χ4n) is 1.45. The predicted octanol–water partition coefficient (Wildman–Crippen LogP) is 2.45. The number of aromatic nitrogens is 2. The largest absolute Gasteiger partial charge is 0.419 e. The molecule has 4 heteroatoms. The van der Waals surface area contributed by atoms with Crippen LogP contribution in [0.15, 0.2) is 28.7 Å². The summed E-state index contributed by atoms with van der Waals surface area (Å²) in [6.45, 7) is 4.01. The van der Waals surface area contributed by atoms with Crippen molar-refractivity contribution < 1.29 is 4.42 Å². The first-order valence-corrected chi connectivity index (χ1v) is 5.36. The average molecular weight is 217 g/mol. The van der Waals surface area contributed by atoms with E-state index in [1.54, 1.807) is 0 Å². The van der Waals surface area contributed by atoms with Gasteiger partial charge in [0.25, 0.3) is 0 Å². The van der Waals surface area contributed by atoms with Crippen molar-refractivity contribution >= 4 is 0 Å². The number of nitrogens with two attached hydrogens (primary N) is 1. The standard InChI is InChI=1S/C12H15N3O/c1-3-10(13)12-15-14-11(16-12)9-6-4-5-8(2)7-9/h4-7,10H,3,13H2,1-2H3. The molecule has 0 saturated carbocycles. The summed E-state index contributed by atoms with van der Waals surface area (Å²) in [4.78, 5) is 0. The van der Waals surface area contributed by atoms with Crippen LogP contribution in [0.3, 0.4) is 0 Å². The summed E-state index contributed by atoms with van der Waals surface area (Å²) in [6, 6.07) is 7.77. The molecule has 0 saturated heterocycles. The van der Waals surface area contributed by atoms with Crippen LogP contribution in [-0.4, -0.2) is 10.2 Å². The number of nitrogens with zero attached hydrogens (tertiary/aromatic N) is 2. The third-order valence-corrected chi connectivity index (χ3v) is 2.46. The minimum absolute atomic E-state index is 0.175. The summed E-state index contributed by atoms with van der Waals surface area (Å²) in [6.07, 6.45) is 0.787. The van der Waals surface area contributed by atoms with Gasteiger partial charge in [-0.05, 0) is 25.5 Å². The van der Waals surface area contributed by atoms with Gasteiger partial charge in [0.15, 0.2) is 0 Å².